The fraction of sp³-hybridized carbons (Fsp3) is 0.407. The van der Waals surface area contributed by atoms with Crippen LogP contribution in [0.25, 0.3) is 10.9 Å². The minimum absolute atomic E-state index is 0.0134. The maximum absolute atomic E-state index is 13.2. The number of aromatic nitrogens is 2. The van der Waals surface area contributed by atoms with Crippen molar-refractivity contribution in [1.82, 2.24) is 25.1 Å². The molecule has 2 amide bonds. The highest BCUT2D eigenvalue weighted by atomic mass is 19.4. The van der Waals surface area contributed by atoms with Crippen LogP contribution in [-0.4, -0.2) is 69.8 Å². The summed E-state index contributed by atoms with van der Waals surface area (Å²) in [5.74, 6) is 0.492. The number of para-hydroxylation sites is 1. The molecule has 2 N–H and O–H groups in total. The second-order valence-corrected chi connectivity index (χ2v) is 10.1. The minimum Gasteiger partial charge on any atom is -0.358 e. The molecule has 5 rings (SSSR count). The summed E-state index contributed by atoms with van der Waals surface area (Å²) in [7, 11) is 0. The van der Waals surface area contributed by atoms with Crippen LogP contribution in [0.15, 0.2) is 48.5 Å². The first-order valence-electron chi connectivity index (χ1n) is 12.6. The summed E-state index contributed by atoms with van der Waals surface area (Å²) >= 11 is 0. The molecule has 3 heterocycles. The fourth-order valence-electron chi connectivity index (χ4n) is 4.99. The number of halogens is 3. The van der Waals surface area contributed by atoms with Gasteiger partial charge in [-0.15, -0.1) is 0 Å². The lowest BCUT2D eigenvalue weighted by Crippen LogP contribution is -2.58. The molecule has 2 bridgehead atoms. The molecule has 0 spiro atoms. The molecular formula is C27H29F3N6O2. The van der Waals surface area contributed by atoms with Crippen molar-refractivity contribution < 1.29 is 22.8 Å². The highest BCUT2D eigenvalue weighted by Gasteiger charge is 2.35. The Bertz CT molecular complexity index is 1360. The molecule has 1 saturated heterocycles. The number of benzene rings is 2. The van der Waals surface area contributed by atoms with Crippen LogP contribution in [0.4, 0.5) is 19.0 Å². The monoisotopic (exact) mass is 526 g/mol. The Labute approximate surface area is 218 Å². The van der Waals surface area contributed by atoms with Gasteiger partial charge in [0.25, 0.3) is 5.91 Å². The first-order chi connectivity index (χ1) is 18.1. The van der Waals surface area contributed by atoms with Crippen molar-refractivity contribution in [2.45, 2.75) is 38.7 Å². The number of rotatable bonds is 2. The van der Waals surface area contributed by atoms with Crippen molar-refractivity contribution in [2.75, 3.05) is 31.5 Å². The van der Waals surface area contributed by atoms with E-state index in [1.807, 2.05) is 38.1 Å². The van der Waals surface area contributed by atoms with Gasteiger partial charge in [0, 0.05) is 43.2 Å². The van der Waals surface area contributed by atoms with Gasteiger partial charge >= 0.3 is 6.18 Å². The number of alkyl halides is 3. The predicted octanol–water partition coefficient (Wildman–Crippen LogP) is 3.54. The first-order valence-corrected chi connectivity index (χ1v) is 12.6. The summed E-state index contributed by atoms with van der Waals surface area (Å²) in [6.07, 6.45) is -4.53. The first kappa shape index (κ1) is 25.9. The summed E-state index contributed by atoms with van der Waals surface area (Å²) in [6, 6.07) is 11.3. The molecule has 2 aromatic carbocycles. The van der Waals surface area contributed by atoms with Gasteiger partial charge in [0.1, 0.15) is 17.7 Å². The van der Waals surface area contributed by atoms with Crippen molar-refractivity contribution >= 4 is 28.5 Å². The number of piperazine rings is 1. The SMILES string of the molecule is CC(C)[C@@H]1Nc2nc(nc3ccccc23)CN2CCN(C(=O)c3cccc(C(F)(F)F)c3)CC2CNC1=O. The lowest BCUT2D eigenvalue weighted by atomic mass is 10.0. The summed E-state index contributed by atoms with van der Waals surface area (Å²) in [5.41, 5.74) is -0.113. The van der Waals surface area contributed by atoms with E-state index in [4.69, 9.17) is 9.97 Å². The number of nitrogens with zero attached hydrogens (tertiary/aromatic N) is 4. The zero-order chi connectivity index (χ0) is 27.0. The molecule has 3 aromatic rings. The van der Waals surface area contributed by atoms with Crippen LogP contribution in [0.1, 0.15) is 35.6 Å². The number of carbonyl (C=O) groups is 2. The molecule has 2 aliphatic rings. The summed E-state index contributed by atoms with van der Waals surface area (Å²) in [4.78, 5) is 39.6. The quantitative estimate of drug-likeness (QED) is 0.531. The minimum atomic E-state index is -4.53. The zero-order valence-corrected chi connectivity index (χ0v) is 21.1. The lowest BCUT2D eigenvalue weighted by molar-refractivity contribution is -0.137. The van der Waals surface area contributed by atoms with Crippen LogP contribution in [0, 0.1) is 5.92 Å². The number of fused-ring (bicyclic) bond motifs is 5. The van der Waals surface area contributed by atoms with Gasteiger partial charge in [-0.1, -0.05) is 32.0 Å². The van der Waals surface area contributed by atoms with E-state index in [1.54, 1.807) is 4.90 Å². The van der Waals surface area contributed by atoms with Crippen molar-refractivity contribution in [2.24, 2.45) is 5.92 Å². The topological polar surface area (TPSA) is 90.5 Å². The number of anilines is 1. The second-order valence-electron chi connectivity index (χ2n) is 10.1. The van der Waals surface area contributed by atoms with Crippen LogP contribution >= 0.6 is 0 Å². The molecule has 0 aliphatic carbocycles. The molecule has 2 aliphatic heterocycles. The Balaban J connectivity index is 1.44. The molecule has 200 valence electrons. The average molecular weight is 527 g/mol. The van der Waals surface area contributed by atoms with Crippen LogP contribution in [0.2, 0.25) is 0 Å². The van der Waals surface area contributed by atoms with Crippen molar-refractivity contribution in [3.63, 3.8) is 0 Å². The van der Waals surface area contributed by atoms with Gasteiger partial charge < -0.3 is 15.5 Å². The average Bonchev–Trinajstić information content (AvgIpc) is 2.91. The normalized spacial score (nSPS) is 20.9. The highest BCUT2D eigenvalue weighted by molar-refractivity contribution is 5.95. The summed E-state index contributed by atoms with van der Waals surface area (Å²) in [6.45, 7) is 5.59. The van der Waals surface area contributed by atoms with Gasteiger partial charge in [0.15, 0.2) is 0 Å². The Morgan fingerprint density at radius 3 is 2.63 bits per heavy atom. The summed E-state index contributed by atoms with van der Waals surface area (Å²) in [5, 5.41) is 7.16. The van der Waals surface area contributed by atoms with Gasteiger partial charge in [0.05, 0.1) is 17.6 Å². The standard InChI is InChI=1S/C27H29F3N6O2/c1-16(2)23-25(37)31-13-19-14-36(26(38)17-6-5-7-18(12-17)27(28,29)30)11-10-35(19)15-22-32-21-9-4-3-8-20(21)24(33-22)34-23/h3-9,12,16,19,23H,10-11,13-15H2,1-2H3,(H,31,37)(H,32,33,34)/t19?,23-/m0/s1. The molecule has 0 saturated carbocycles. The third-order valence-corrected chi connectivity index (χ3v) is 7.08. The molecule has 8 nitrogen and oxygen atoms in total. The molecule has 1 unspecified atom stereocenters. The van der Waals surface area contributed by atoms with Crippen LogP contribution in [-0.2, 0) is 17.5 Å². The van der Waals surface area contributed by atoms with Gasteiger partial charge in [-0.25, -0.2) is 9.97 Å². The smallest absolute Gasteiger partial charge is 0.358 e. The molecule has 2 atom stereocenters. The largest absolute Gasteiger partial charge is 0.416 e. The van der Waals surface area contributed by atoms with Crippen molar-refractivity contribution in [1.29, 1.82) is 0 Å². The highest BCUT2D eigenvalue weighted by Crippen LogP contribution is 2.30. The number of carbonyl (C=O) groups excluding carboxylic acids is 2. The Morgan fingerprint density at radius 1 is 1.08 bits per heavy atom. The van der Waals surface area contributed by atoms with E-state index >= 15 is 0 Å². The maximum atomic E-state index is 13.2. The number of hydrogen-bond acceptors (Lipinski definition) is 6. The lowest BCUT2D eigenvalue weighted by Gasteiger charge is -2.41. The van der Waals surface area contributed by atoms with Crippen LogP contribution in [0.3, 0.4) is 0 Å². The van der Waals surface area contributed by atoms with E-state index in [1.165, 1.54) is 12.1 Å². The molecule has 1 aromatic heterocycles. The third-order valence-electron chi connectivity index (χ3n) is 7.08. The van der Waals surface area contributed by atoms with E-state index in [9.17, 15) is 22.8 Å². The number of hydrogen-bond donors (Lipinski definition) is 2. The second kappa shape index (κ2) is 10.2. The van der Waals surface area contributed by atoms with E-state index in [2.05, 4.69) is 15.5 Å². The van der Waals surface area contributed by atoms with E-state index in [0.29, 0.717) is 31.3 Å². The predicted molar refractivity (Wildman–Crippen MR) is 136 cm³/mol. The fourth-order valence-corrected chi connectivity index (χ4v) is 4.99. The molecule has 38 heavy (non-hydrogen) atoms. The van der Waals surface area contributed by atoms with Crippen LogP contribution < -0.4 is 10.6 Å². The van der Waals surface area contributed by atoms with Crippen LogP contribution in [0.5, 0.6) is 0 Å². The molecule has 0 radical (unpaired) electrons. The van der Waals surface area contributed by atoms with Gasteiger partial charge in [-0.3, -0.25) is 14.5 Å². The molecule has 1 fully saturated rings. The third kappa shape index (κ3) is 5.28. The number of nitrogens with one attached hydrogen (secondary N) is 2. The Morgan fingerprint density at radius 2 is 1.87 bits per heavy atom. The van der Waals surface area contributed by atoms with Crippen molar-refractivity contribution in [3.05, 3.63) is 65.5 Å². The van der Waals surface area contributed by atoms with Crippen molar-refractivity contribution in [3.8, 4) is 0 Å². The van der Waals surface area contributed by atoms with E-state index in [0.717, 1.165) is 23.0 Å². The van der Waals surface area contributed by atoms with Gasteiger partial charge in [-0.2, -0.15) is 13.2 Å². The van der Waals surface area contributed by atoms with E-state index in [-0.39, 0.29) is 36.5 Å². The summed E-state index contributed by atoms with van der Waals surface area (Å²) < 4.78 is 39.6. The van der Waals surface area contributed by atoms with Gasteiger partial charge in [-0.05, 0) is 36.2 Å². The zero-order valence-electron chi connectivity index (χ0n) is 21.1. The number of amides is 2. The van der Waals surface area contributed by atoms with Gasteiger partial charge in [0.2, 0.25) is 5.91 Å². The maximum Gasteiger partial charge on any atom is 0.416 e. The van der Waals surface area contributed by atoms with E-state index < -0.39 is 23.7 Å². The Hall–Kier alpha value is -3.73. The molecule has 11 heteroatoms. The molecular weight excluding hydrogens is 497 g/mol. The Kier molecular flexibility index (Phi) is 6.95.